The lowest BCUT2D eigenvalue weighted by Crippen LogP contribution is -2.29. The lowest BCUT2D eigenvalue weighted by Gasteiger charge is -1.98. The highest BCUT2D eigenvalue weighted by Gasteiger charge is 2.01. The van der Waals surface area contributed by atoms with Crippen molar-refractivity contribution in [1.29, 1.82) is 0 Å². The number of halogens is 1. The second-order valence-electron chi connectivity index (χ2n) is 5.90. The van der Waals surface area contributed by atoms with Gasteiger partial charge in [-0.05, 0) is 70.5 Å². The molecule has 0 radical (unpaired) electrons. The molecule has 26 heavy (non-hydrogen) atoms. The lowest BCUT2D eigenvalue weighted by atomic mass is 10.1. The fourth-order valence-corrected chi connectivity index (χ4v) is 1.99. The van der Waals surface area contributed by atoms with Crippen LogP contribution in [-0.4, -0.2) is 16.9 Å². The standard InChI is InChI=1S/C9H9ClO.C8H10N2O.C3H6O/c1-6-3-7(2)5-8(4-6)9(10)11;1-6-2-4-7(5-3-6)8(11)10-9;1-3(2)4/h3-5H,1-2H3;2-5H,9H2,1H3,(H,10,11);1-2H3. The Morgan fingerprint density at radius 1 is 0.808 bits per heavy atom. The fourth-order valence-electron chi connectivity index (χ4n) is 1.88. The number of carbonyl (C=O) groups is 3. The molecule has 140 valence electrons. The van der Waals surface area contributed by atoms with Crippen LogP contribution in [0.2, 0.25) is 0 Å². The van der Waals surface area contributed by atoms with E-state index < -0.39 is 5.24 Å². The van der Waals surface area contributed by atoms with Crippen LogP contribution < -0.4 is 11.3 Å². The molecule has 0 aliphatic rings. The number of nitrogens with one attached hydrogen (secondary N) is 1. The smallest absolute Gasteiger partial charge is 0.265 e. The molecule has 0 aliphatic heterocycles. The van der Waals surface area contributed by atoms with Gasteiger partial charge in [0.25, 0.3) is 11.1 Å². The Balaban J connectivity index is 0.000000401. The number of rotatable bonds is 2. The van der Waals surface area contributed by atoms with Crippen molar-refractivity contribution >= 4 is 28.5 Å². The van der Waals surface area contributed by atoms with E-state index in [1.165, 1.54) is 13.8 Å². The highest BCUT2D eigenvalue weighted by Crippen LogP contribution is 2.10. The predicted octanol–water partition coefficient (Wildman–Crippen LogP) is 3.88. The number of nitrogens with two attached hydrogens (primary N) is 1. The highest BCUT2D eigenvalue weighted by molar-refractivity contribution is 6.67. The van der Waals surface area contributed by atoms with Crippen LogP contribution in [0.1, 0.15) is 51.3 Å². The van der Waals surface area contributed by atoms with Crippen molar-refractivity contribution in [3.05, 3.63) is 70.3 Å². The third kappa shape index (κ3) is 10.4. The monoisotopic (exact) mass is 376 g/mol. The maximum Gasteiger partial charge on any atom is 0.265 e. The van der Waals surface area contributed by atoms with Gasteiger partial charge in [0.2, 0.25) is 0 Å². The molecule has 0 saturated heterocycles. The van der Waals surface area contributed by atoms with Crippen LogP contribution in [0.4, 0.5) is 0 Å². The minimum Gasteiger partial charge on any atom is -0.300 e. The van der Waals surface area contributed by atoms with E-state index in [4.69, 9.17) is 17.4 Å². The second kappa shape index (κ2) is 12.0. The maximum atomic E-state index is 10.9. The van der Waals surface area contributed by atoms with Crippen LogP contribution in [0.5, 0.6) is 0 Å². The summed E-state index contributed by atoms with van der Waals surface area (Å²) in [6, 6.07) is 12.8. The first kappa shape index (κ1) is 23.5. The molecule has 2 rings (SSSR count). The molecule has 2 aromatic carbocycles. The normalized spacial score (nSPS) is 9.04. The van der Waals surface area contributed by atoms with Crippen LogP contribution in [0.3, 0.4) is 0 Å². The molecule has 3 N–H and O–H groups in total. The Kier molecular flexibility index (Phi) is 10.8. The van der Waals surface area contributed by atoms with E-state index in [0.29, 0.717) is 11.1 Å². The average molecular weight is 377 g/mol. The van der Waals surface area contributed by atoms with E-state index in [1.54, 1.807) is 24.3 Å². The van der Waals surface area contributed by atoms with Crippen molar-refractivity contribution in [1.82, 2.24) is 5.43 Å². The molecule has 0 fully saturated rings. The predicted molar refractivity (Wildman–Crippen MR) is 105 cm³/mol. The molecule has 5 nitrogen and oxygen atoms in total. The molecule has 0 heterocycles. The van der Waals surface area contributed by atoms with Crippen molar-refractivity contribution in [3.63, 3.8) is 0 Å². The first-order valence-electron chi connectivity index (χ1n) is 7.89. The number of benzene rings is 2. The Morgan fingerprint density at radius 3 is 1.58 bits per heavy atom. The van der Waals surface area contributed by atoms with Crippen molar-refractivity contribution in [2.75, 3.05) is 0 Å². The van der Waals surface area contributed by atoms with Gasteiger partial charge in [-0.1, -0.05) is 34.9 Å². The quantitative estimate of drug-likeness (QED) is 0.360. The second-order valence-corrected chi connectivity index (χ2v) is 6.24. The molecule has 0 bridgehead atoms. The average Bonchev–Trinajstić information content (AvgIpc) is 2.54. The minimum atomic E-state index is -0.392. The van der Waals surface area contributed by atoms with Gasteiger partial charge >= 0.3 is 0 Å². The molecule has 0 atom stereocenters. The molecule has 2 aromatic rings. The minimum absolute atomic E-state index is 0.167. The highest BCUT2D eigenvalue weighted by atomic mass is 35.5. The number of ketones is 1. The number of nitrogen functional groups attached to an aromatic ring is 1. The van der Waals surface area contributed by atoms with Gasteiger partial charge in [-0.15, -0.1) is 0 Å². The summed E-state index contributed by atoms with van der Waals surface area (Å²) in [5.41, 5.74) is 6.47. The topological polar surface area (TPSA) is 89.3 Å². The molecule has 6 heteroatoms. The number of hydrogen-bond acceptors (Lipinski definition) is 4. The van der Waals surface area contributed by atoms with Crippen LogP contribution in [0.25, 0.3) is 0 Å². The summed E-state index contributed by atoms with van der Waals surface area (Å²) in [5.74, 6) is 4.85. The first-order chi connectivity index (χ1) is 12.1. The van der Waals surface area contributed by atoms with Crippen LogP contribution in [-0.2, 0) is 4.79 Å². The van der Waals surface area contributed by atoms with Gasteiger partial charge in [0.05, 0.1) is 0 Å². The number of aryl methyl sites for hydroxylation is 3. The Morgan fingerprint density at radius 2 is 1.23 bits per heavy atom. The zero-order chi connectivity index (χ0) is 20.3. The number of carbonyl (C=O) groups excluding carboxylic acids is 3. The van der Waals surface area contributed by atoms with E-state index in [9.17, 15) is 14.4 Å². The summed E-state index contributed by atoms with van der Waals surface area (Å²) in [5, 5.41) is -0.392. The van der Waals surface area contributed by atoms with E-state index in [1.807, 2.05) is 39.0 Å². The number of amides is 1. The van der Waals surface area contributed by atoms with Crippen molar-refractivity contribution in [3.8, 4) is 0 Å². The summed E-state index contributed by atoms with van der Waals surface area (Å²) in [4.78, 5) is 31.0. The number of hydrogen-bond donors (Lipinski definition) is 2. The number of hydrazine groups is 1. The Labute approximate surface area is 159 Å². The van der Waals surface area contributed by atoms with E-state index in [0.717, 1.165) is 16.7 Å². The van der Waals surface area contributed by atoms with Crippen LogP contribution in [0.15, 0.2) is 42.5 Å². The van der Waals surface area contributed by atoms with Crippen molar-refractivity contribution in [2.24, 2.45) is 5.84 Å². The molecule has 0 spiro atoms. The third-order valence-corrected chi connectivity index (χ3v) is 3.11. The van der Waals surface area contributed by atoms with Gasteiger partial charge in [0.15, 0.2) is 0 Å². The third-order valence-electron chi connectivity index (χ3n) is 2.89. The Bertz CT molecular complexity index is 732. The molecule has 0 aromatic heterocycles. The largest absolute Gasteiger partial charge is 0.300 e. The van der Waals surface area contributed by atoms with E-state index in [-0.39, 0.29) is 11.7 Å². The lowest BCUT2D eigenvalue weighted by molar-refractivity contribution is -0.115. The molecule has 0 saturated carbocycles. The summed E-state index contributed by atoms with van der Waals surface area (Å²) >= 11 is 5.31. The van der Waals surface area contributed by atoms with Crippen LogP contribution in [0, 0.1) is 20.8 Å². The summed E-state index contributed by atoms with van der Waals surface area (Å²) in [6.07, 6.45) is 0. The van der Waals surface area contributed by atoms with E-state index >= 15 is 0 Å². The first-order valence-corrected chi connectivity index (χ1v) is 8.27. The summed E-state index contributed by atoms with van der Waals surface area (Å²) in [7, 11) is 0. The van der Waals surface area contributed by atoms with Gasteiger partial charge < -0.3 is 4.79 Å². The van der Waals surface area contributed by atoms with E-state index in [2.05, 4.69) is 5.43 Å². The molecule has 1 amide bonds. The molecule has 0 unspecified atom stereocenters. The zero-order valence-corrected chi connectivity index (χ0v) is 16.5. The molecular formula is C20H25ClN2O3. The van der Waals surface area contributed by atoms with Gasteiger partial charge in [0.1, 0.15) is 5.78 Å². The zero-order valence-electron chi connectivity index (χ0n) is 15.7. The Hall–Kier alpha value is -2.50. The fraction of sp³-hybridized carbons (Fsp3) is 0.250. The summed E-state index contributed by atoms with van der Waals surface area (Å²) in [6.45, 7) is 8.90. The SMILES string of the molecule is CC(C)=O.Cc1cc(C)cc(C(=O)Cl)c1.Cc1ccc(C(=O)NN)cc1. The van der Waals surface area contributed by atoms with Gasteiger partial charge in [-0.25, -0.2) is 5.84 Å². The van der Waals surface area contributed by atoms with Crippen molar-refractivity contribution < 1.29 is 14.4 Å². The van der Waals surface area contributed by atoms with Crippen molar-refractivity contribution in [2.45, 2.75) is 34.6 Å². The van der Waals surface area contributed by atoms with Crippen LogP contribution >= 0.6 is 11.6 Å². The number of Topliss-reactive ketones (excluding diaryl/α,β-unsaturated/α-hetero) is 1. The van der Waals surface area contributed by atoms with Gasteiger partial charge in [-0.2, -0.15) is 0 Å². The molecule has 0 aliphatic carbocycles. The molecular weight excluding hydrogens is 352 g/mol. The van der Waals surface area contributed by atoms with Gasteiger partial charge in [-0.3, -0.25) is 15.0 Å². The van der Waals surface area contributed by atoms with Gasteiger partial charge in [0, 0.05) is 11.1 Å². The summed E-state index contributed by atoms with van der Waals surface area (Å²) < 4.78 is 0. The maximum absolute atomic E-state index is 10.9.